The van der Waals surface area contributed by atoms with Gasteiger partial charge in [0.25, 0.3) is 0 Å². The third-order valence-electron chi connectivity index (χ3n) is 3.35. The van der Waals surface area contributed by atoms with Crippen LogP contribution in [0.2, 0.25) is 0 Å². The predicted octanol–water partition coefficient (Wildman–Crippen LogP) is 3.06. The van der Waals surface area contributed by atoms with Gasteiger partial charge in [0.1, 0.15) is 5.75 Å². The number of nitrogen functional groups attached to an aromatic ring is 1. The molecular weight excluding hydrogens is 308 g/mol. The van der Waals surface area contributed by atoms with Gasteiger partial charge >= 0.3 is 0 Å². The highest BCUT2D eigenvalue weighted by Gasteiger charge is 2.19. The summed E-state index contributed by atoms with van der Waals surface area (Å²) in [6.07, 6.45) is 1.74. The first-order valence-electron chi connectivity index (χ1n) is 5.86. The molecular formula is C13H17BrN4O. The SMILES string of the molecule is COc1c(C)c(C)c(Br)c(C)c1-c1cnc(NN)[nH]1. The fourth-order valence-electron chi connectivity index (χ4n) is 2.18. The molecule has 19 heavy (non-hydrogen) atoms. The molecule has 0 fully saturated rings. The zero-order chi connectivity index (χ0) is 14.2. The minimum absolute atomic E-state index is 0.519. The van der Waals surface area contributed by atoms with E-state index in [0.717, 1.165) is 32.6 Å². The summed E-state index contributed by atoms with van der Waals surface area (Å²) < 4.78 is 6.65. The average molecular weight is 325 g/mol. The molecule has 1 heterocycles. The van der Waals surface area contributed by atoms with Crippen molar-refractivity contribution < 1.29 is 4.74 Å². The number of hydrogen-bond donors (Lipinski definition) is 3. The highest BCUT2D eigenvalue weighted by atomic mass is 79.9. The molecule has 0 saturated heterocycles. The van der Waals surface area contributed by atoms with E-state index in [1.165, 1.54) is 5.56 Å². The van der Waals surface area contributed by atoms with Crippen molar-refractivity contribution in [1.29, 1.82) is 0 Å². The van der Waals surface area contributed by atoms with Gasteiger partial charge in [-0.2, -0.15) is 0 Å². The van der Waals surface area contributed by atoms with E-state index in [1.807, 2.05) is 13.8 Å². The van der Waals surface area contributed by atoms with Gasteiger partial charge < -0.3 is 9.72 Å². The van der Waals surface area contributed by atoms with Crippen molar-refractivity contribution >= 4 is 21.9 Å². The molecule has 2 aromatic rings. The van der Waals surface area contributed by atoms with E-state index in [9.17, 15) is 0 Å². The van der Waals surface area contributed by atoms with Crippen molar-refractivity contribution in [1.82, 2.24) is 9.97 Å². The molecule has 2 rings (SSSR count). The smallest absolute Gasteiger partial charge is 0.215 e. The summed E-state index contributed by atoms with van der Waals surface area (Å²) >= 11 is 3.64. The number of nitrogens with one attached hydrogen (secondary N) is 2. The van der Waals surface area contributed by atoms with E-state index in [4.69, 9.17) is 10.6 Å². The lowest BCUT2D eigenvalue weighted by molar-refractivity contribution is 0.412. The van der Waals surface area contributed by atoms with Crippen LogP contribution in [0.3, 0.4) is 0 Å². The number of H-pyrrole nitrogens is 1. The van der Waals surface area contributed by atoms with Crippen molar-refractivity contribution in [2.24, 2.45) is 5.84 Å². The molecule has 0 atom stereocenters. The predicted molar refractivity (Wildman–Crippen MR) is 80.3 cm³/mol. The van der Waals surface area contributed by atoms with Gasteiger partial charge in [-0.25, -0.2) is 10.8 Å². The maximum Gasteiger partial charge on any atom is 0.215 e. The van der Waals surface area contributed by atoms with Crippen molar-refractivity contribution in [2.45, 2.75) is 20.8 Å². The first kappa shape index (κ1) is 13.9. The molecule has 0 aliphatic heterocycles. The Morgan fingerprint density at radius 2 is 1.95 bits per heavy atom. The maximum atomic E-state index is 5.57. The van der Waals surface area contributed by atoms with Gasteiger partial charge in [-0.15, -0.1) is 0 Å². The summed E-state index contributed by atoms with van der Waals surface area (Å²) in [5.41, 5.74) is 7.74. The van der Waals surface area contributed by atoms with Crippen molar-refractivity contribution in [3.63, 3.8) is 0 Å². The quantitative estimate of drug-likeness (QED) is 0.599. The van der Waals surface area contributed by atoms with Crippen LogP contribution in [0.25, 0.3) is 11.3 Å². The van der Waals surface area contributed by atoms with Gasteiger partial charge in [0.05, 0.1) is 19.0 Å². The molecule has 0 radical (unpaired) electrons. The van der Waals surface area contributed by atoms with Gasteiger partial charge in [0, 0.05) is 10.0 Å². The molecule has 0 bridgehead atoms. The number of nitrogens with zero attached hydrogens (tertiary/aromatic N) is 1. The molecule has 5 nitrogen and oxygen atoms in total. The molecule has 0 aliphatic carbocycles. The summed E-state index contributed by atoms with van der Waals surface area (Å²) in [7, 11) is 1.68. The highest BCUT2D eigenvalue weighted by Crippen LogP contribution is 2.41. The number of rotatable bonds is 3. The third-order valence-corrected chi connectivity index (χ3v) is 4.54. The Balaban J connectivity index is 2.74. The number of nitrogens with two attached hydrogens (primary N) is 1. The molecule has 4 N–H and O–H groups in total. The summed E-state index contributed by atoms with van der Waals surface area (Å²) in [4.78, 5) is 7.27. The fourth-order valence-corrected chi connectivity index (χ4v) is 2.68. The molecule has 6 heteroatoms. The molecule has 0 unspecified atom stereocenters. The first-order valence-corrected chi connectivity index (χ1v) is 6.65. The monoisotopic (exact) mass is 324 g/mol. The van der Waals surface area contributed by atoms with Crippen LogP contribution >= 0.6 is 15.9 Å². The summed E-state index contributed by atoms with van der Waals surface area (Å²) in [5, 5.41) is 0. The van der Waals surface area contributed by atoms with E-state index in [2.05, 4.69) is 38.2 Å². The number of hydrazine groups is 1. The van der Waals surface area contributed by atoms with Crippen LogP contribution in [0, 0.1) is 20.8 Å². The lowest BCUT2D eigenvalue weighted by atomic mass is 9.97. The molecule has 0 amide bonds. The van der Waals surface area contributed by atoms with Crippen LogP contribution in [0.1, 0.15) is 16.7 Å². The van der Waals surface area contributed by atoms with Gasteiger partial charge in [-0.05, 0) is 37.5 Å². The molecule has 0 saturated carbocycles. The number of aromatic amines is 1. The van der Waals surface area contributed by atoms with Crippen LogP contribution in [0.4, 0.5) is 5.95 Å². The minimum atomic E-state index is 0.519. The van der Waals surface area contributed by atoms with Gasteiger partial charge in [-0.1, -0.05) is 15.9 Å². The number of hydrogen-bond acceptors (Lipinski definition) is 4. The average Bonchev–Trinajstić information content (AvgIpc) is 2.88. The van der Waals surface area contributed by atoms with Crippen molar-refractivity contribution in [2.75, 3.05) is 12.5 Å². The van der Waals surface area contributed by atoms with Gasteiger partial charge in [-0.3, -0.25) is 5.43 Å². The minimum Gasteiger partial charge on any atom is -0.496 e. The largest absolute Gasteiger partial charge is 0.496 e. The Hall–Kier alpha value is -1.53. The normalized spacial score (nSPS) is 10.6. The molecule has 1 aromatic heterocycles. The second-order valence-corrected chi connectivity index (χ2v) is 5.18. The second kappa shape index (κ2) is 5.22. The van der Waals surface area contributed by atoms with Crippen LogP contribution < -0.4 is 16.0 Å². The summed E-state index contributed by atoms with van der Waals surface area (Å²) in [6, 6.07) is 0. The van der Waals surface area contributed by atoms with E-state index in [-0.39, 0.29) is 0 Å². The van der Waals surface area contributed by atoms with E-state index >= 15 is 0 Å². The third kappa shape index (κ3) is 2.21. The summed E-state index contributed by atoms with van der Waals surface area (Å²) in [5.74, 6) is 6.72. The Labute approximate surface area is 120 Å². The van der Waals surface area contributed by atoms with Crippen LogP contribution in [-0.4, -0.2) is 17.1 Å². The van der Waals surface area contributed by atoms with Crippen LogP contribution in [-0.2, 0) is 0 Å². The fraction of sp³-hybridized carbons (Fsp3) is 0.308. The zero-order valence-electron chi connectivity index (χ0n) is 11.4. The number of methoxy groups -OCH3 is 1. The molecule has 0 aliphatic rings. The topological polar surface area (TPSA) is 76.0 Å². The van der Waals surface area contributed by atoms with Crippen molar-refractivity contribution in [3.8, 4) is 17.0 Å². The number of benzene rings is 1. The molecule has 0 spiro atoms. The van der Waals surface area contributed by atoms with E-state index in [1.54, 1.807) is 13.3 Å². The Bertz CT molecular complexity index is 622. The standard InChI is InChI=1S/C13H17BrN4O/c1-6-7(2)12(19-4)10(8(3)11(6)14)9-5-16-13(17-9)18-15/h5H,15H2,1-4H3,(H2,16,17,18). The second-order valence-electron chi connectivity index (χ2n) is 4.39. The van der Waals surface area contributed by atoms with Crippen molar-refractivity contribution in [3.05, 3.63) is 27.4 Å². The van der Waals surface area contributed by atoms with Crippen LogP contribution in [0.15, 0.2) is 10.7 Å². The number of ether oxygens (including phenoxy) is 1. The van der Waals surface area contributed by atoms with E-state index in [0.29, 0.717) is 5.95 Å². The van der Waals surface area contributed by atoms with E-state index < -0.39 is 0 Å². The lowest BCUT2D eigenvalue weighted by Crippen LogP contribution is -2.08. The van der Waals surface area contributed by atoms with Gasteiger partial charge in [0.15, 0.2) is 0 Å². The first-order chi connectivity index (χ1) is 9.01. The summed E-state index contributed by atoms with van der Waals surface area (Å²) in [6.45, 7) is 6.16. The Kier molecular flexibility index (Phi) is 3.82. The Morgan fingerprint density at radius 3 is 2.47 bits per heavy atom. The number of aromatic nitrogens is 2. The zero-order valence-corrected chi connectivity index (χ0v) is 13.0. The number of imidazole rings is 1. The highest BCUT2D eigenvalue weighted by molar-refractivity contribution is 9.10. The maximum absolute atomic E-state index is 5.57. The van der Waals surface area contributed by atoms with Gasteiger partial charge in [0.2, 0.25) is 5.95 Å². The Morgan fingerprint density at radius 1 is 1.26 bits per heavy atom. The molecule has 102 valence electrons. The number of anilines is 1. The molecule has 1 aromatic carbocycles. The number of halogens is 1. The van der Waals surface area contributed by atoms with Crippen LogP contribution in [0.5, 0.6) is 5.75 Å². The lowest BCUT2D eigenvalue weighted by Gasteiger charge is -2.17.